The molecule has 0 fully saturated rings. The van der Waals surface area contributed by atoms with Crippen LogP contribution in [0, 0.1) is 0 Å². The number of benzene rings is 1. The first-order chi connectivity index (χ1) is 6.52. The molecular formula is C8H12BNO3S. The van der Waals surface area contributed by atoms with Crippen LogP contribution in [-0.2, 0) is 11.0 Å². The monoisotopic (exact) mass is 213 g/mol. The Bertz CT molecular complexity index is 328. The number of rotatable bonds is 3. The second-order valence-electron chi connectivity index (χ2n) is 2.89. The molecule has 0 saturated heterocycles. The molecule has 0 spiro atoms. The molecule has 76 valence electrons. The van der Waals surface area contributed by atoms with E-state index in [4.69, 9.17) is 10.0 Å². The van der Waals surface area contributed by atoms with Gasteiger partial charge in [-0.25, -0.2) is 4.21 Å². The zero-order valence-electron chi connectivity index (χ0n) is 8.04. The van der Waals surface area contributed by atoms with E-state index in [1.54, 1.807) is 41.9 Å². The van der Waals surface area contributed by atoms with Crippen molar-refractivity contribution in [3.8, 4) is 0 Å². The lowest BCUT2D eigenvalue weighted by Crippen LogP contribution is -2.30. The SMILES string of the molecule is CN(c1ccc(B(O)O)cc1)S(C)=O. The lowest BCUT2D eigenvalue weighted by molar-refractivity contribution is 0.426. The topological polar surface area (TPSA) is 60.8 Å². The second-order valence-corrected chi connectivity index (χ2v) is 4.28. The van der Waals surface area contributed by atoms with Crippen molar-refractivity contribution in [3.63, 3.8) is 0 Å². The van der Waals surface area contributed by atoms with Crippen LogP contribution in [0.15, 0.2) is 24.3 Å². The van der Waals surface area contributed by atoms with E-state index >= 15 is 0 Å². The van der Waals surface area contributed by atoms with E-state index in [0.29, 0.717) is 5.46 Å². The third-order valence-electron chi connectivity index (χ3n) is 1.94. The van der Waals surface area contributed by atoms with Crippen LogP contribution in [0.1, 0.15) is 0 Å². The molecule has 14 heavy (non-hydrogen) atoms. The summed E-state index contributed by atoms with van der Waals surface area (Å²) in [5, 5.41) is 17.7. The van der Waals surface area contributed by atoms with Crippen LogP contribution in [-0.4, -0.2) is 34.7 Å². The van der Waals surface area contributed by atoms with Gasteiger partial charge in [0.15, 0.2) is 0 Å². The molecule has 1 rings (SSSR count). The second kappa shape index (κ2) is 4.59. The van der Waals surface area contributed by atoms with E-state index in [1.165, 1.54) is 0 Å². The van der Waals surface area contributed by atoms with E-state index in [9.17, 15) is 4.21 Å². The smallest absolute Gasteiger partial charge is 0.423 e. The van der Waals surface area contributed by atoms with Crippen LogP contribution in [0.25, 0.3) is 0 Å². The van der Waals surface area contributed by atoms with Crippen molar-refractivity contribution in [2.75, 3.05) is 17.6 Å². The highest BCUT2D eigenvalue weighted by Crippen LogP contribution is 2.11. The van der Waals surface area contributed by atoms with Gasteiger partial charge in [-0.2, -0.15) is 0 Å². The standard InChI is InChI=1S/C8H12BNO3S/c1-10(14(2)13)8-5-3-7(4-6-8)9(11)12/h3-6,11-12H,1-2H3. The Morgan fingerprint density at radius 2 is 1.79 bits per heavy atom. The molecule has 0 aliphatic heterocycles. The maximum absolute atomic E-state index is 11.1. The predicted molar refractivity (Wildman–Crippen MR) is 58.7 cm³/mol. The van der Waals surface area contributed by atoms with Crippen molar-refractivity contribution in [2.24, 2.45) is 0 Å². The van der Waals surface area contributed by atoms with Crippen LogP contribution in [0.5, 0.6) is 0 Å². The van der Waals surface area contributed by atoms with Crippen molar-refractivity contribution < 1.29 is 14.3 Å². The van der Waals surface area contributed by atoms with Crippen LogP contribution in [0.2, 0.25) is 0 Å². The Morgan fingerprint density at radius 3 is 2.14 bits per heavy atom. The summed E-state index contributed by atoms with van der Waals surface area (Å²) >= 11 is 0. The first kappa shape index (κ1) is 11.2. The molecule has 2 N–H and O–H groups in total. The first-order valence-electron chi connectivity index (χ1n) is 4.05. The van der Waals surface area contributed by atoms with Crippen molar-refractivity contribution in [2.45, 2.75) is 0 Å². The molecule has 0 aromatic heterocycles. The van der Waals surface area contributed by atoms with Crippen LogP contribution in [0.4, 0.5) is 5.69 Å². The quantitative estimate of drug-likeness (QED) is 0.639. The molecule has 1 aromatic carbocycles. The molecule has 4 nitrogen and oxygen atoms in total. The van der Waals surface area contributed by atoms with Gasteiger partial charge in [-0.15, -0.1) is 0 Å². The minimum atomic E-state index is -1.46. The van der Waals surface area contributed by atoms with Crippen molar-refractivity contribution in [3.05, 3.63) is 24.3 Å². The maximum Gasteiger partial charge on any atom is 0.488 e. The maximum atomic E-state index is 11.1. The zero-order valence-corrected chi connectivity index (χ0v) is 8.86. The number of hydrogen-bond acceptors (Lipinski definition) is 3. The van der Waals surface area contributed by atoms with Crippen LogP contribution >= 0.6 is 0 Å². The van der Waals surface area contributed by atoms with Crippen molar-refractivity contribution in [1.29, 1.82) is 0 Å². The van der Waals surface area contributed by atoms with E-state index in [1.807, 2.05) is 0 Å². The fraction of sp³-hybridized carbons (Fsp3) is 0.250. The summed E-state index contributed by atoms with van der Waals surface area (Å²) in [7, 11) is -0.818. The largest absolute Gasteiger partial charge is 0.488 e. The molecule has 1 atom stereocenters. The normalized spacial score (nSPS) is 12.3. The fourth-order valence-corrected chi connectivity index (χ4v) is 1.42. The van der Waals surface area contributed by atoms with E-state index in [2.05, 4.69) is 0 Å². The minimum Gasteiger partial charge on any atom is -0.423 e. The van der Waals surface area contributed by atoms with Crippen LogP contribution < -0.4 is 9.77 Å². The van der Waals surface area contributed by atoms with E-state index in [0.717, 1.165) is 5.69 Å². The fourth-order valence-electron chi connectivity index (χ4n) is 1.00. The Hall–Kier alpha value is -0.845. The molecule has 0 bridgehead atoms. The molecule has 6 heteroatoms. The van der Waals surface area contributed by atoms with Gasteiger partial charge in [-0.05, 0) is 17.6 Å². The number of anilines is 1. The third kappa shape index (κ3) is 2.57. The van der Waals surface area contributed by atoms with Gasteiger partial charge in [0.2, 0.25) is 0 Å². The highest BCUT2D eigenvalue weighted by molar-refractivity contribution is 7.85. The van der Waals surface area contributed by atoms with Gasteiger partial charge in [-0.1, -0.05) is 12.1 Å². The summed E-state index contributed by atoms with van der Waals surface area (Å²) in [6, 6.07) is 6.55. The molecule has 0 amide bonds. The molecule has 0 aliphatic rings. The van der Waals surface area contributed by atoms with Crippen molar-refractivity contribution >= 4 is 29.3 Å². The highest BCUT2D eigenvalue weighted by atomic mass is 32.2. The summed E-state index contributed by atoms with van der Waals surface area (Å²) in [6.45, 7) is 0. The van der Waals surface area contributed by atoms with Gasteiger partial charge < -0.3 is 10.0 Å². The molecule has 0 aliphatic carbocycles. The van der Waals surface area contributed by atoms with Gasteiger partial charge in [0.05, 0.1) is 0 Å². The van der Waals surface area contributed by atoms with Gasteiger partial charge in [0.1, 0.15) is 11.0 Å². The highest BCUT2D eigenvalue weighted by Gasteiger charge is 2.11. The average Bonchev–Trinajstić information content (AvgIpc) is 2.16. The summed E-state index contributed by atoms with van der Waals surface area (Å²) in [5.74, 6) is 0. The van der Waals surface area contributed by atoms with Gasteiger partial charge in [0.25, 0.3) is 0 Å². The molecule has 0 radical (unpaired) electrons. The van der Waals surface area contributed by atoms with Crippen LogP contribution in [0.3, 0.4) is 0 Å². The number of nitrogens with zero attached hydrogens (tertiary/aromatic N) is 1. The third-order valence-corrected chi connectivity index (χ3v) is 2.92. The zero-order chi connectivity index (χ0) is 10.7. The van der Waals surface area contributed by atoms with Crippen molar-refractivity contribution in [1.82, 2.24) is 0 Å². The Labute approximate surface area is 85.9 Å². The Morgan fingerprint density at radius 1 is 1.29 bits per heavy atom. The first-order valence-corrected chi connectivity index (χ1v) is 5.57. The van der Waals surface area contributed by atoms with Gasteiger partial charge >= 0.3 is 7.12 Å². The van der Waals surface area contributed by atoms with Gasteiger partial charge in [-0.3, -0.25) is 4.31 Å². The molecular weight excluding hydrogens is 201 g/mol. The van der Waals surface area contributed by atoms with Gasteiger partial charge in [0, 0.05) is 19.0 Å². The van der Waals surface area contributed by atoms with E-state index < -0.39 is 18.1 Å². The lowest BCUT2D eigenvalue weighted by Gasteiger charge is -2.15. The molecule has 0 saturated carbocycles. The minimum absolute atomic E-state index is 0.420. The molecule has 0 heterocycles. The predicted octanol–water partition coefficient (Wildman–Crippen LogP) is -0.904. The Balaban J connectivity index is 2.88. The lowest BCUT2D eigenvalue weighted by atomic mass is 9.80. The molecule has 1 unspecified atom stereocenters. The number of hydrogen-bond donors (Lipinski definition) is 2. The summed E-state index contributed by atoms with van der Waals surface area (Å²) in [5.41, 5.74) is 1.19. The summed E-state index contributed by atoms with van der Waals surface area (Å²) in [4.78, 5) is 0. The Kier molecular flexibility index (Phi) is 3.68. The molecule has 1 aromatic rings. The average molecular weight is 213 g/mol. The summed E-state index contributed by atoms with van der Waals surface area (Å²) < 4.78 is 12.7. The summed E-state index contributed by atoms with van der Waals surface area (Å²) in [6.07, 6.45) is 1.58. The van der Waals surface area contributed by atoms with E-state index in [-0.39, 0.29) is 0 Å².